The Bertz CT molecular complexity index is 461. The van der Waals surface area contributed by atoms with Gasteiger partial charge in [0, 0.05) is 19.2 Å². The summed E-state index contributed by atoms with van der Waals surface area (Å²) in [6.45, 7) is 5.04. The number of nitrogens with zero attached hydrogens (tertiary/aromatic N) is 2. The van der Waals surface area contributed by atoms with E-state index in [2.05, 4.69) is 27.8 Å². The summed E-state index contributed by atoms with van der Waals surface area (Å²) >= 11 is 3.22. The van der Waals surface area contributed by atoms with E-state index in [0.29, 0.717) is 4.47 Å². The standard InChI is InChI=1S/C14H19BrN2O2/c1-2-16(9-11-4-3-5-11)10-12-6-7-13(15)14(8-12)17(18)19/h6-8,11H,2-5,9-10H2,1H3. The molecule has 0 atom stereocenters. The quantitative estimate of drug-likeness (QED) is 0.586. The molecule has 5 heteroatoms. The van der Waals surface area contributed by atoms with Gasteiger partial charge in [-0.15, -0.1) is 0 Å². The van der Waals surface area contributed by atoms with Crippen LogP contribution in [0.2, 0.25) is 0 Å². The summed E-state index contributed by atoms with van der Waals surface area (Å²) in [6, 6.07) is 5.40. The van der Waals surface area contributed by atoms with Crippen molar-refractivity contribution < 1.29 is 4.92 Å². The fraction of sp³-hybridized carbons (Fsp3) is 0.571. The minimum atomic E-state index is -0.338. The van der Waals surface area contributed by atoms with Crippen LogP contribution in [0.3, 0.4) is 0 Å². The number of nitro benzene ring substituents is 1. The highest BCUT2D eigenvalue weighted by Gasteiger charge is 2.20. The van der Waals surface area contributed by atoms with E-state index in [-0.39, 0.29) is 10.6 Å². The molecule has 104 valence electrons. The van der Waals surface area contributed by atoms with Crippen LogP contribution in [0.5, 0.6) is 0 Å². The molecule has 1 saturated carbocycles. The van der Waals surface area contributed by atoms with Gasteiger partial charge in [0.05, 0.1) is 9.40 Å². The second-order valence-electron chi connectivity index (χ2n) is 5.17. The van der Waals surface area contributed by atoms with Crippen molar-refractivity contribution in [3.63, 3.8) is 0 Å². The Labute approximate surface area is 122 Å². The molecule has 0 aromatic heterocycles. The van der Waals surface area contributed by atoms with Crippen LogP contribution in [-0.2, 0) is 6.54 Å². The summed E-state index contributed by atoms with van der Waals surface area (Å²) in [5, 5.41) is 10.9. The molecule has 19 heavy (non-hydrogen) atoms. The molecule has 0 saturated heterocycles. The van der Waals surface area contributed by atoms with Crippen LogP contribution < -0.4 is 0 Å². The van der Waals surface area contributed by atoms with Crippen molar-refractivity contribution in [2.24, 2.45) is 5.92 Å². The van der Waals surface area contributed by atoms with E-state index >= 15 is 0 Å². The lowest BCUT2D eigenvalue weighted by Gasteiger charge is -2.31. The summed E-state index contributed by atoms with van der Waals surface area (Å²) in [6.07, 6.45) is 4.01. The zero-order valence-electron chi connectivity index (χ0n) is 11.1. The molecule has 1 aromatic carbocycles. The maximum atomic E-state index is 10.9. The van der Waals surface area contributed by atoms with E-state index in [1.807, 2.05) is 6.07 Å². The minimum absolute atomic E-state index is 0.150. The Morgan fingerprint density at radius 2 is 2.21 bits per heavy atom. The maximum Gasteiger partial charge on any atom is 0.283 e. The molecule has 1 aliphatic rings. The largest absolute Gasteiger partial charge is 0.299 e. The molecule has 0 unspecified atom stereocenters. The molecular formula is C14H19BrN2O2. The average molecular weight is 327 g/mol. The van der Waals surface area contributed by atoms with Crippen molar-refractivity contribution in [3.05, 3.63) is 38.3 Å². The molecule has 1 aromatic rings. The van der Waals surface area contributed by atoms with Crippen molar-refractivity contribution >= 4 is 21.6 Å². The molecule has 0 spiro atoms. The first-order chi connectivity index (χ1) is 9.10. The summed E-state index contributed by atoms with van der Waals surface area (Å²) in [5.74, 6) is 0.824. The summed E-state index contributed by atoms with van der Waals surface area (Å²) < 4.78 is 0.545. The molecule has 1 aliphatic carbocycles. The van der Waals surface area contributed by atoms with Gasteiger partial charge >= 0.3 is 0 Å². The topological polar surface area (TPSA) is 46.4 Å². The average Bonchev–Trinajstić information content (AvgIpc) is 2.33. The highest BCUT2D eigenvalue weighted by Crippen LogP contribution is 2.29. The predicted molar refractivity (Wildman–Crippen MR) is 79.1 cm³/mol. The molecule has 4 nitrogen and oxygen atoms in total. The van der Waals surface area contributed by atoms with Crippen molar-refractivity contribution in [1.82, 2.24) is 4.90 Å². The number of nitro groups is 1. The summed E-state index contributed by atoms with van der Waals surface area (Å²) in [4.78, 5) is 13.0. The van der Waals surface area contributed by atoms with Gasteiger partial charge in [0.15, 0.2) is 0 Å². The highest BCUT2D eigenvalue weighted by molar-refractivity contribution is 9.10. The first-order valence-electron chi connectivity index (χ1n) is 6.75. The van der Waals surface area contributed by atoms with Gasteiger partial charge in [-0.3, -0.25) is 15.0 Å². The number of benzene rings is 1. The number of halogens is 1. The Kier molecular flexibility index (Phi) is 4.93. The zero-order chi connectivity index (χ0) is 13.8. The van der Waals surface area contributed by atoms with Crippen LogP contribution in [0, 0.1) is 16.0 Å². The third-order valence-corrected chi connectivity index (χ3v) is 4.47. The lowest BCUT2D eigenvalue weighted by atomic mass is 9.85. The predicted octanol–water partition coefficient (Wildman–Crippen LogP) is 3.98. The van der Waals surface area contributed by atoms with Crippen molar-refractivity contribution in [1.29, 1.82) is 0 Å². The molecule has 0 radical (unpaired) electrons. The molecular weight excluding hydrogens is 308 g/mol. The molecule has 2 rings (SSSR count). The van der Waals surface area contributed by atoms with Gasteiger partial charge < -0.3 is 0 Å². The Balaban J connectivity index is 2.03. The lowest BCUT2D eigenvalue weighted by Crippen LogP contribution is -2.32. The van der Waals surface area contributed by atoms with Crippen LogP contribution in [0.25, 0.3) is 0 Å². The number of rotatable bonds is 6. The molecule has 0 heterocycles. The van der Waals surface area contributed by atoms with E-state index in [0.717, 1.165) is 31.1 Å². The van der Waals surface area contributed by atoms with Crippen LogP contribution in [0.15, 0.2) is 22.7 Å². The molecule has 0 bridgehead atoms. The summed E-state index contributed by atoms with van der Waals surface area (Å²) in [5.41, 5.74) is 1.16. The van der Waals surface area contributed by atoms with Crippen molar-refractivity contribution in [3.8, 4) is 0 Å². The van der Waals surface area contributed by atoms with Crippen molar-refractivity contribution in [2.45, 2.75) is 32.7 Å². The van der Waals surface area contributed by atoms with Crippen LogP contribution in [0.1, 0.15) is 31.7 Å². The molecule has 0 amide bonds. The normalized spacial score (nSPS) is 15.5. The first kappa shape index (κ1) is 14.5. The van der Waals surface area contributed by atoms with E-state index in [1.165, 1.54) is 19.3 Å². The van der Waals surface area contributed by atoms with Gasteiger partial charge in [-0.2, -0.15) is 0 Å². The smallest absolute Gasteiger partial charge is 0.283 e. The van der Waals surface area contributed by atoms with Crippen molar-refractivity contribution in [2.75, 3.05) is 13.1 Å². The SMILES string of the molecule is CCN(Cc1ccc(Br)c([N+](=O)[O-])c1)CC1CCC1. The van der Waals surface area contributed by atoms with E-state index in [1.54, 1.807) is 12.1 Å². The van der Waals surface area contributed by atoms with Gasteiger partial charge in [-0.25, -0.2) is 0 Å². The monoisotopic (exact) mass is 326 g/mol. The molecule has 1 fully saturated rings. The zero-order valence-corrected chi connectivity index (χ0v) is 12.7. The maximum absolute atomic E-state index is 10.9. The van der Waals surface area contributed by atoms with Gasteiger partial charge in [0.1, 0.15) is 0 Å². The lowest BCUT2D eigenvalue weighted by molar-refractivity contribution is -0.385. The highest BCUT2D eigenvalue weighted by atomic mass is 79.9. The van der Waals surface area contributed by atoms with Gasteiger partial charge in [0.25, 0.3) is 5.69 Å². The van der Waals surface area contributed by atoms with Gasteiger partial charge in [-0.05, 0) is 52.9 Å². The first-order valence-corrected chi connectivity index (χ1v) is 7.54. The third kappa shape index (κ3) is 3.76. The van der Waals surface area contributed by atoms with Gasteiger partial charge in [0.2, 0.25) is 0 Å². The molecule has 0 aliphatic heterocycles. The number of hydrogen-bond donors (Lipinski definition) is 0. The number of hydrogen-bond acceptors (Lipinski definition) is 3. The van der Waals surface area contributed by atoms with Crippen LogP contribution in [-0.4, -0.2) is 22.9 Å². The van der Waals surface area contributed by atoms with Crippen LogP contribution >= 0.6 is 15.9 Å². The molecule has 0 N–H and O–H groups in total. The third-order valence-electron chi connectivity index (χ3n) is 3.80. The Morgan fingerprint density at radius 3 is 2.74 bits per heavy atom. The summed E-state index contributed by atoms with van der Waals surface area (Å²) in [7, 11) is 0. The fourth-order valence-corrected chi connectivity index (χ4v) is 2.79. The van der Waals surface area contributed by atoms with E-state index in [9.17, 15) is 10.1 Å². The van der Waals surface area contributed by atoms with E-state index in [4.69, 9.17) is 0 Å². The second-order valence-corrected chi connectivity index (χ2v) is 6.02. The second kappa shape index (κ2) is 6.48. The minimum Gasteiger partial charge on any atom is -0.299 e. The Hall–Kier alpha value is -0.940. The Morgan fingerprint density at radius 1 is 1.47 bits per heavy atom. The fourth-order valence-electron chi connectivity index (χ4n) is 2.40. The van der Waals surface area contributed by atoms with Gasteiger partial charge in [-0.1, -0.05) is 19.4 Å². The van der Waals surface area contributed by atoms with Crippen LogP contribution in [0.4, 0.5) is 5.69 Å². The van der Waals surface area contributed by atoms with E-state index < -0.39 is 0 Å².